The Labute approximate surface area is 87.1 Å². The van der Waals surface area contributed by atoms with Crippen LogP contribution < -0.4 is 5.32 Å². The summed E-state index contributed by atoms with van der Waals surface area (Å²) in [5.74, 6) is -2.76. The van der Waals surface area contributed by atoms with Crippen molar-refractivity contribution in [2.45, 2.75) is 32.2 Å². The molecule has 0 aliphatic heterocycles. The zero-order valence-electron chi connectivity index (χ0n) is 8.60. The van der Waals surface area contributed by atoms with Crippen LogP contribution in [0.15, 0.2) is 17.5 Å². The predicted octanol–water partition coefficient (Wildman–Crippen LogP) is 3.23. The van der Waals surface area contributed by atoms with E-state index in [0.717, 1.165) is 11.3 Å². The van der Waals surface area contributed by atoms with E-state index in [9.17, 15) is 8.78 Å². The maximum absolute atomic E-state index is 13.5. The van der Waals surface area contributed by atoms with Crippen LogP contribution in [0.5, 0.6) is 0 Å². The van der Waals surface area contributed by atoms with Crippen LogP contribution in [0, 0.1) is 0 Å². The van der Waals surface area contributed by atoms with Gasteiger partial charge in [0, 0.05) is 5.54 Å². The molecule has 0 unspecified atom stereocenters. The fourth-order valence-electron chi connectivity index (χ4n) is 0.950. The molecule has 1 aromatic heterocycles. The fourth-order valence-corrected chi connectivity index (χ4v) is 1.66. The van der Waals surface area contributed by atoms with Gasteiger partial charge in [-0.3, -0.25) is 0 Å². The van der Waals surface area contributed by atoms with E-state index in [0.29, 0.717) is 0 Å². The lowest BCUT2D eigenvalue weighted by Crippen LogP contribution is -2.42. The first-order valence-electron chi connectivity index (χ1n) is 4.48. The van der Waals surface area contributed by atoms with E-state index in [1.54, 1.807) is 11.4 Å². The summed E-state index contributed by atoms with van der Waals surface area (Å²) in [5.41, 5.74) is -0.277. The van der Waals surface area contributed by atoms with Crippen LogP contribution in [0.2, 0.25) is 0 Å². The molecule has 0 spiro atoms. The van der Waals surface area contributed by atoms with Gasteiger partial charge in [0.1, 0.15) is 0 Å². The molecule has 1 aromatic rings. The average molecular weight is 219 g/mol. The zero-order valence-corrected chi connectivity index (χ0v) is 9.42. The Morgan fingerprint density at radius 3 is 2.43 bits per heavy atom. The van der Waals surface area contributed by atoms with Gasteiger partial charge < -0.3 is 5.32 Å². The molecule has 1 rings (SSSR count). The second-order valence-corrected chi connectivity index (χ2v) is 5.23. The molecule has 0 fully saturated rings. The minimum Gasteiger partial charge on any atom is -0.306 e. The van der Waals surface area contributed by atoms with Crippen molar-refractivity contribution in [3.8, 4) is 0 Å². The highest BCUT2D eigenvalue weighted by Gasteiger charge is 2.33. The van der Waals surface area contributed by atoms with Crippen molar-refractivity contribution in [1.82, 2.24) is 5.32 Å². The highest BCUT2D eigenvalue weighted by Crippen LogP contribution is 2.31. The van der Waals surface area contributed by atoms with Crippen LogP contribution >= 0.6 is 11.3 Å². The first-order valence-corrected chi connectivity index (χ1v) is 5.36. The second-order valence-electron chi connectivity index (χ2n) is 4.29. The average Bonchev–Trinajstić information content (AvgIpc) is 2.52. The van der Waals surface area contributed by atoms with Crippen LogP contribution in [0.4, 0.5) is 8.78 Å². The Morgan fingerprint density at radius 2 is 2.00 bits per heavy atom. The van der Waals surface area contributed by atoms with Gasteiger partial charge in [0.25, 0.3) is 5.92 Å². The number of hydrogen-bond acceptors (Lipinski definition) is 2. The molecule has 0 radical (unpaired) electrons. The molecule has 0 aliphatic rings. The maximum Gasteiger partial charge on any atom is 0.294 e. The SMILES string of the molecule is CC(C)(C)NCC(F)(F)c1cccs1. The summed E-state index contributed by atoms with van der Waals surface area (Å²) in [6.45, 7) is 5.31. The van der Waals surface area contributed by atoms with Gasteiger partial charge in [-0.2, -0.15) is 8.78 Å². The van der Waals surface area contributed by atoms with Crippen molar-refractivity contribution in [1.29, 1.82) is 0 Å². The van der Waals surface area contributed by atoms with Gasteiger partial charge in [0.15, 0.2) is 0 Å². The highest BCUT2D eigenvalue weighted by molar-refractivity contribution is 7.10. The molecule has 14 heavy (non-hydrogen) atoms. The Hall–Kier alpha value is -0.480. The molecule has 1 heterocycles. The van der Waals surface area contributed by atoms with Gasteiger partial charge in [-0.1, -0.05) is 6.07 Å². The lowest BCUT2D eigenvalue weighted by molar-refractivity contribution is -0.00487. The van der Waals surface area contributed by atoms with E-state index >= 15 is 0 Å². The van der Waals surface area contributed by atoms with E-state index < -0.39 is 5.92 Å². The molecule has 1 nitrogen and oxygen atoms in total. The summed E-state index contributed by atoms with van der Waals surface area (Å²) in [4.78, 5) is 0.120. The number of alkyl halides is 2. The molecule has 0 atom stereocenters. The second kappa shape index (κ2) is 3.95. The summed E-state index contributed by atoms with van der Waals surface area (Å²) < 4.78 is 26.9. The van der Waals surface area contributed by atoms with Crippen molar-refractivity contribution in [2.75, 3.05) is 6.54 Å². The molecule has 0 bridgehead atoms. The lowest BCUT2D eigenvalue weighted by atomic mass is 10.1. The summed E-state index contributed by atoms with van der Waals surface area (Å²) in [5, 5.41) is 4.47. The number of rotatable bonds is 3. The van der Waals surface area contributed by atoms with Crippen molar-refractivity contribution in [3.05, 3.63) is 22.4 Å². The Morgan fingerprint density at radius 1 is 1.36 bits per heavy atom. The fraction of sp³-hybridized carbons (Fsp3) is 0.600. The number of nitrogens with one attached hydrogen (secondary N) is 1. The topological polar surface area (TPSA) is 12.0 Å². The highest BCUT2D eigenvalue weighted by atomic mass is 32.1. The van der Waals surface area contributed by atoms with Crippen LogP contribution in [0.3, 0.4) is 0 Å². The number of hydrogen-bond donors (Lipinski definition) is 1. The van der Waals surface area contributed by atoms with E-state index in [-0.39, 0.29) is 17.0 Å². The third-order valence-electron chi connectivity index (χ3n) is 1.72. The predicted molar refractivity (Wildman–Crippen MR) is 56.0 cm³/mol. The molecular formula is C10H15F2NS. The zero-order chi connectivity index (χ0) is 10.8. The van der Waals surface area contributed by atoms with E-state index in [2.05, 4.69) is 5.32 Å². The first kappa shape index (κ1) is 11.6. The molecule has 80 valence electrons. The molecule has 0 aromatic carbocycles. The molecule has 0 aliphatic carbocycles. The Kier molecular flexibility index (Phi) is 3.27. The van der Waals surface area contributed by atoms with Crippen molar-refractivity contribution >= 4 is 11.3 Å². The standard InChI is InChI=1S/C10H15F2NS/c1-9(2,3)13-7-10(11,12)8-5-4-6-14-8/h4-6,13H,7H2,1-3H3. The molecule has 0 amide bonds. The van der Waals surface area contributed by atoms with Crippen molar-refractivity contribution in [2.24, 2.45) is 0 Å². The molecule has 4 heteroatoms. The minimum absolute atomic E-state index is 0.120. The summed E-state index contributed by atoms with van der Waals surface area (Å²) in [6, 6.07) is 3.11. The first-order chi connectivity index (χ1) is 6.31. The van der Waals surface area contributed by atoms with Gasteiger partial charge in [0.2, 0.25) is 0 Å². The van der Waals surface area contributed by atoms with Crippen LogP contribution in [0.25, 0.3) is 0 Å². The minimum atomic E-state index is -2.76. The quantitative estimate of drug-likeness (QED) is 0.823. The van der Waals surface area contributed by atoms with Gasteiger partial charge in [-0.05, 0) is 32.2 Å². The largest absolute Gasteiger partial charge is 0.306 e. The summed E-state index contributed by atoms with van der Waals surface area (Å²) in [6.07, 6.45) is 0. The summed E-state index contributed by atoms with van der Waals surface area (Å²) in [7, 11) is 0. The molecule has 0 saturated heterocycles. The lowest BCUT2D eigenvalue weighted by Gasteiger charge is -2.24. The number of thiophene rings is 1. The van der Waals surface area contributed by atoms with E-state index in [1.165, 1.54) is 6.07 Å². The Bertz CT molecular complexity index is 275. The van der Waals surface area contributed by atoms with Crippen molar-refractivity contribution in [3.63, 3.8) is 0 Å². The molecule has 0 saturated carbocycles. The van der Waals surface area contributed by atoms with Gasteiger partial charge in [-0.25, -0.2) is 0 Å². The van der Waals surface area contributed by atoms with Crippen LogP contribution in [-0.2, 0) is 5.92 Å². The van der Waals surface area contributed by atoms with E-state index in [1.807, 2.05) is 20.8 Å². The van der Waals surface area contributed by atoms with Crippen LogP contribution in [0.1, 0.15) is 25.6 Å². The third-order valence-corrected chi connectivity index (χ3v) is 2.70. The maximum atomic E-state index is 13.5. The van der Waals surface area contributed by atoms with Gasteiger partial charge in [-0.15, -0.1) is 11.3 Å². The number of halogens is 2. The molecule has 1 N–H and O–H groups in total. The van der Waals surface area contributed by atoms with Gasteiger partial charge >= 0.3 is 0 Å². The van der Waals surface area contributed by atoms with E-state index in [4.69, 9.17) is 0 Å². The monoisotopic (exact) mass is 219 g/mol. The third kappa shape index (κ3) is 3.35. The van der Waals surface area contributed by atoms with Crippen molar-refractivity contribution < 1.29 is 8.78 Å². The summed E-state index contributed by atoms with van der Waals surface area (Å²) >= 11 is 1.09. The molecular weight excluding hydrogens is 204 g/mol. The van der Waals surface area contributed by atoms with Gasteiger partial charge in [0.05, 0.1) is 11.4 Å². The Balaban J connectivity index is 2.59. The van der Waals surface area contributed by atoms with Crippen LogP contribution in [-0.4, -0.2) is 12.1 Å². The smallest absolute Gasteiger partial charge is 0.294 e. The normalized spacial score (nSPS) is 13.2.